The van der Waals surface area contributed by atoms with Crippen LogP contribution in [0.25, 0.3) is 0 Å². The molecule has 0 aliphatic heterocycles. The minimum atomic E-state index is -0.491. The standard InChI is InChI=1S/C18H20ClN3O3/c1-21(2)12-11-17(13-3-7-15(19)8-4-13)20-18(23)14-5-9-16(10-6-14)22(24)25/h3-10,17H,11-12H2,1-2H3,(H,20,23). The molecule has 7 heteroatoms. The maximum atomic E-state index is 12.5. The third-order valence-corrected chi connectivity index (χ3v) is 4.03. The number of benzene rings is 2. The van der Waals surface area contributed by atoms with E-state index in [0.29, 0.717) is 10.6 Å². The maximum Gasteiger partial charge on any atom is 0.269 e. The fourth-order valence-corrected chi connectivity index (χ4v) is 2.51. The van der Waals surface area contributed by atoms with Crippen LogP contribution in [0, 0.1) is 10.1 Å². The molecule has 25 heavy (non-hydrogen) atoms. The summed E-state index contributed by atoms with van der Waals surface area (Å²) in [5, 5.41) is 14.3. The summed E-state index contributed by atoms with van der Waals surface area (Å²) in [5.41, 5.74) is 1.30. The summed E-state index contributed by atoms with van der Waals surface area (Å²) in [6.07, 6.45) is 0.730. The van der Waals surface area contributed by atoms with E-state index in [4.69, 9.17) is 11.6 Å². The SMILES string of the molecule is CN(C)CCC(NC(=O)c1ccc([N+](=O)[O-])cc1)c1ccc(Cl)cc1. The molecule has 2 rings (SSSR count). The van der Waals surface area contributed by atoms with Crippen LogP contribution >= 0.6 is 11.6 Å². The van der Waals surface area contributed by atoms with E-state index in [9.17, 15) is 14.9 Å². The lowest BCUT2D eigenvalue weighted by atomic mass is 10.0. The van der Waals surface area contributed by atoms with Crippen molar-refractivity contribution < 1.29 is 9.72 Å². The molecule has 2 aromatic rings. The first-order valence-corrected chi connectivity index (χ1v) is 8.20. The van der Waals surface area contributed by atoms with Crippen LogP contribution in [0.1, 0.15) is 28.4 Å². The Morgan fingerprint density at radius 1 is 1.16 bits per heavy atom. The van der Waals surface area contributed by atoms with Crippen molar-refractivity contribution in [3.63, 3.8) is 0 Å². The van der Waals surface area contributed by atoms with Gasteiger partial charge in [-0.25, -0.2) is 0 Å². The molecule has 6 nitrogen and oxygen atoms in total. The number of nitrogens with zero attached hydrogens (tertiary/aromatic N) is 2. The highest BCUT2D eigenvalue weighted by atomic mass is 35.5. The molecule has 1 N–H and O–H groups in total. The second-order valence-corrected chi connectivity index (χ2v) is 6.41. The number of non-ortho nitro benzene ring substituents is 1. The lowest BCUT2D eigenvalue weighted by Crippen LogP contribution is -2.31. The second-order valence-electron chi connectivity index (χ2n) is 5.97. The molecule has 0 saturated carbocycles. The smallest absolute Gasteiger partial charge is 0.269 e. The number of amides is 1. The van der Waals surface area contributed by atoms with Gasteiger partial charge in [-0.2, -0.15) is 0 Å². The van der Waals surface area contributed by atoms with Crippen molar-refractivity contribution in [1.29, 1.82) is 0 Å². The minimum Gasteiger partial charge on any atom is -0.345 e. The summed E-state index contributed by atoms with van der Waals surface area (Å²) < 4.78 is 0. The van der Waals surface area contributed by atoms with Gasteiger partial charge in [-0.3, -0.25) is 14.9 Å². The van der Waals surface area contributed by atoms with Gasteiger partial charge in [-0.1, -0.05) is 23.7 Å². The minimum absolute atomic E-state index is 0.0431. The summed E-state index contributed by atoms with van der Waals surface area (Å²) in [4.78, 5) is 24.8. The van der Waals surface area contributed by atoms with E-state index in [1.54, 1.807) is 12.1 Å². The van der Waals surface area contributed by atoms with Crippen molar-refractivity contribution in [3.05, 3.63) is 74.8 Å². The van der Waals surface area contributed by atoms with Crippen molar-refractivity contribution in [2.45, 2.75) is 12.5 Å². The summed E-state index contributed by atoms with van der Waals surface area (Å²) in [7, 11) is 3.94. The van der Waals surface area contributed by atoms with Gasteiger partial charge in [-0.15, -0.1) is 0 Å². The largest absolute Gasteiger partial charge is 0.345 e. The zero-order chi connectivity index (χ0) is 18.4. The van der Waals surface area contributed by atoms with Gasteiger partial charge >= 0.3 is 0 Å². The van der Waals surface area contributed by atoms with Gasteiger partial charge in [0.15, 0.2) is 0 Å². The van der Waals surface area contributed by atoms with E-state index in [1.165, 1.54) is 24.3 Å². The number of halogens is 1. The molecule has 2 aromatic carbocycles. The van der Waals surface area contributed by atoms with Gasteiger partial charge in [0.1, 0.15) is 0 Å². The van der Waals surface area contributed by atoms with Crippen molar-refractivity contribution in [2.24, 2.45) is 0 Å². The normalized spacial score (nSPS) is 12.0. The molecule has 1 amide bonds. The van der Waals surface area contributed by atoms with E-state index in [2.05, 4.69) is 5.32 Å². The number of carbonyl (C=O) groups excluding carboxylic acids is 1. The van der Waals surface area contributed by atoms with Crippen molar-refractivity contribution in [2.75, 3.05) is 20.6 Å². The maximum absolute atomic E-state index is 12.5. The molecule has 0 aromatic heterocycles. The molecule has 0 aliphatic carbocycles. The zero-order valence-electron chi connectivity index (χ0n) is 14.1. The molecule has 0 saturated heterocycles. The Kier molecular flexibility index (Phi) is 6.50. The van der Waals surface area contributed by atoms with E-state index >= 15 is 0 Å². The van der Waals surface area contributed by atoms with Gasteiger partial charge in [-0.05, 0) is 56.9 Å². The van der Waals surface area contributed by atoms with Crippen LogP contribution in [0.2, 0.25) is 5.02 Å². The van der Waals surface area contributed by atoms with Gasteiger partial charge in [0.05, 0.1) is 11.0 Å². The first kappa shape index (κ1) is 18.9. The fraction of sp³-hybridized carbons (Fsp3) is 0.278. The summed E-state index contributed by atoms with van der Waals surface area (Å²) in [6, 6.07) is 12.7. The molecule has 0 bridgehead atoms. The van der Waals surface area contributed by atoms with Crippen molar-refractivity contribution in [3.8, 4) is 0 Å². The van der Waals surface area contributed by atoms with Crippen molar-refractivity contribution in [1.82, 2.24) is 10.2 Å². The lowest BCUT2D eigenvalue weighted by Gasteiger charge is -2.21. The molecule has 0 spiro atoms. The average Bonchev–Trinajstić information content (AvgIpc) is 2.59. The highest BCUT2D eigenvalue weighted by Crippen LogP contribution is 2.21. The Labute approximate surface area is 151 Å². The van der Waals surface area contributed by atoms with Gasteiger partial charge in [0.2, 0.25) is 0 Å². The quantitative estimate of drug-likeness (QED) is 0.603. The van der Waals surface area contributed by atoms with Crippen molar-refractivity contribution >= 4 is 23.2 Å². The number of hydrogen-bond donors (Lipinski definition) is 1. The Bertz CT molecular complexity index is 730. The molecule has 1 atom stereocenters. The van der Waals surface area contributed by atoms with E-state index < -0.39 is 4.92 Å². The number of nitrogens with one attached hydrogen (secondary N) is 1. The number of rotatable bonds is 7. The highest BCUT2D eigenvalue weighted by molar-refractivity contribution is 6.30. The van der Waals surface area contributed by atoms with Crippen LogP contribution in [-0.4, -0.2) is 36.4 Å². The Hall–Kier alpha value is -2.44. The van der Waals surface area contributed by atoms with Gasteiger partial charge in [0.25, 0.3) is 11.6 Å². The summed E-state index contributed by atoms with van der Waals surface area (Å²) >= 11 is 5.94. The third kappa shape index (κ3) is 5.55. The summed E-state index contributed by atoms with van der Waals surface area (Å²) in [6.45, 7) is 0.799. The van der Waals surface area contributed by atoms with Crippen LogP contribution in [0.4, 0.5) is 5.69 Å². The Morgan fingerprint density at radius 2 is 1.76 bits per heavy atom. The molecule has 1 unspecified atom stereocenters. The first-order valence-electron chi connectivity index (χ1n) is 7.82. The predicted molar refractivity (Wildman–Crippen MR) is 97.9 cm³/mol. The van der Waals surface area contributed by atoms with Crippen LogP contribution in [-0.2, 0) is 0 Å². The third-order valence-electron chi connectivity index (χ3n) is 3.78. The molecule has 0 heterocycles. The van der Waals surface area contributed by atoms with Crippen LogP contribution in [0.5, 0.6) is 0 Å². The van der Waals surface area contributed by atoms with Gasteiger partial charge in [0, 0.05) is 22.7 Å². The summed E-state index contributed by atoms with van der Waals surface area (Å²) in [5.74, 6) is -0.270. The zero-order valence-corrected chi connectivity index (χ0v) is 14.9. The lowest BCUT2D eigenvalue weighted by molar-refractivity contribution is -0.384. The average molecular weight is 362 g/mol. The highest BCUT2D eigenvalue weighted by Gasteiger charge is 2.17. The number of carbonyl (C=O) groups is 1. The van der Waals surface area contributed by atoms with Crippen LogP contribution in [0.15, 0.2) is 48.5 Å². The topological polar surface area (TPSA) is 75.5 Å². The monoisotopic (exact) mass is 361 g/mol. The molecule has 0 fully saturated rings. The van der Waals surface area contributed by atoms with E-state index in [0.717, 1.165) is 18.5 Å². The Morgan fingerprint density at radius 3 is 2.28 bits per heavy atom. The molecular weight excluding hydrogens is 342 g/mol. The number of nitro benzene ring substituents is 1. The first-order chi connectivity index (χ1) is 11.9. The molecular formula is C18H20ClN3O3. The Balaban J connectivity index is 2.15. The number of hydrogen-bond acceptors (Lipinski definition) is 4. The predicted octanol–water partition coefficient (Wildman–Crippen LogP) is 3.67. The van der Waals surface area contributed by atoms with E-state index in [1.807, 2.05) is 31.1 Å². The fourth-order valence-electron chi connectivity index (χ4n) is 2.38. The van der Waals surface area contributed by atoms with E-state index in [-0.39, 0.29) is 17.6 Å². The van der Waals surface area contributed by atoms with Gasteiger partial charge < -0.3 is 10.2 Å². The van der Waals surface area contributed by atoms with Crippen LogP contribution in [0.3, 0.4) is 0 Å². The van der Waals surface area contributed by atoms with Crippen LogP contribution < -0.4 is 5.32 Å². The molecule has 0 radical (unpaired) electrons. The molecule has 132 valence electrons. The molecule has 0 aliphatic rings. The number of nitro groups is 1. The second kappa shape index (κ2) is 8.60.